The largest absolute Gasteiger partial charge is 0.312 e. The molecule has 0 unspecified atom stereocenters. The lowest BCUT2D eigenvalue weighted by Crippen LogP contribution is -2.43. The Labute approximate surface area is 99.7 Å². The lowest BCUT2D eigenvalue weighted by atomic mass is 10.1. The molecule has 1 aromatic heterocycles. The second-order valence-electron chi connectivity index (χ2n) is 4.08. The number of carbonyl (C=O) groups is 1. The van der Waals surface area contributed by atoms with Gasteiger partial charge in [-0.2, -0.15) is 0 Å². The van der Waals surface area contributed by atoms with Gasteiger partial charge in [-0.3, -0.25) is 9.78 Å². The van der Waals surface area contributed by atoms with Crippen molar-refractivity contribution in [1.29, 1.82) is 0 Å². The molecule has 2 heterocycles. The van der Waals surface area contributed by atoms with E-state index in [1.165, 1.54) is 0 Å². The van der Waals surface area contributed by atoms with Crippen molar-refractivity contribution in [3.63, 3.8) is 0 Å². The summed E-state index contributed by atoms with van der Waals surface area (Å²) in [6, 6.07) is 12.0. The molecule has 0 spiro atoms. The fraction of sp³-hybridized carbons (Fsp3) is 0.143. The zero-order chi connectivity index (χ0) is 11.7. The molecule has 0 radical (unpaired) electrons. The highest BCUT2D eigenvalue weighted by Gasteiger charge is 2.24. The summed E-state index contributed by atoms with van der Waals surface area (Å²) in [6.07, 6.45) is 4.27. The molecule has 1 aliphatic rings. The van der Waals surface area contributed by atoms with E-state index in [0.29, 0.717) is 6.42 Å². The first-order valence-corrected chi connectivity index (χ1v) is 5.65. The Hall–Kier alpha value is -2.16. The lowest BCUT2D eigenvalue weighted by Gasteiger charge is -2.30. The van der Waals surface area contributed by atoms with Crippen LogP contribution >= 0.6 is 0 Å². The normalized spacial score (nSPS) is 14.6. The van der Waals surface area contributed by atoms with E-state index in [-0.39, 0.29) is 5.91 Å². The fourth-order valence-corrected chi connectivity index (χ4v) is 1.96. The summed E-state index contributed by atoms with van der Waals surface area (Å²) < 4.78 is 0. The van der Waals surface area contributed by atoms with Crippen LogP contribution in [0.15, 0.2) is 48.8 Å². The van der Waals surface area contributed by atoms with E-state index >= 15 is 0 Å². The number of aromatic nitrogens is 1. The zero-order valence-corrected chi connectivity index (χ0v) is 9.34. The highest BCUT2D eigenvalue weighted by atomic mass is 16.2. The van der Waals surface area contributed by atoms with Crippen molar-refractivity contribution in [2.45, 2.75) is 6.42 Å². The molecule has 1 aromatic carbocycles. The van der Waals surface area contributed by atoms with Gasteiger partial charge < -0.3 is 4.90 Å². The Balaban J connectivity index is 1.88. The van der Waals surface area contributed by atoms with Crippen LogP contribution in [0.4, 0.5) is 5.69 Å². The summed E-state index contributed by atoms with van der Waals surface area (Å²) in [6.45, 7) is 0.838. The van der Waals surface area contributed by atoms with E-state index in [4.69, 9.17) is 0 Å². The first-order chi connectivity index (χ1) is 8.34. The molecule has 0 N–H and O–H groups in total. The molecule has 17 heavy (non-hydrogen) atoms. The first-order valence-electron chi connectivity index (χ1n) is 5.65. The van der Waals surface area contributed by atoms with E-state index in [1.54, 1.807) is 11.1 Å². The monoisotopic (exact) mass is 224 g/mol. The highest BCUT2D eigenvalue weighted by Crippen LogP contribution is 2.25. The third kappa shape index (κ3) is 1.80. The second-order valence-corrected chi connectivity index (χ2v) is 4.08. The molecule has 0 aliphatic carbocycles. The first kappa shape index (κ1) is 10.0. The molecular formula is C14H12N2O. The number of hydrogen-bond donors (Lipinski definition) is 0. The van der Waals surface area contributed by atoms with Crippen LogP contribution in [0.2, 0.25) is 0 Å². The van der Waals surface area contributed by atoms with Crippen molar-refractivity contribution in [2.75, 3.05) is 11.4 Å². The van der Waals surface area contributed by atoms with Crippen molar-refractivity contribution in [2.24, 2.45) is 0 Å². The fourth-order valence-electron chi connectivity index (χ4n) is 1.96. The third-order valence-electron chi connectivity index (χ3n) is 3.02. The maximum absolute atomic E-state index is 11.3. The van der Waals surface area contributed by atoms with Crippen molar-refractivity contribution in [3.05, 3.63) is 48.8 Å². The minimum atomic E-state index is 0.208. The molecule has 0 bridgehead atoms. The van der Waals surface area contributed by atoms with Crippen LogP contribution in [0.25, 0.3) is 11.1 Å². The minimum Gasteiger partial charge on any atom is -0.312 e. The number of amides is 1. The van der Waals surface area contributed by atoms with Gasteiger partial charge >= 0.3 is 0 Å². The van der Waals surface area contributed by atoms with E-state index in [9.17, 15) is 4.79 Å². The molecule has 3 nitrogen and oxygen atoms in total. The van der Waals surface area contributed by atoms with Crippen LogP contribution < -0.4 is 4.90 Å². The Kier molecular flexibility index (Phi) is 2.37. The summed E-state index contributed by atoms with van der Waals surface area (Å²) in [5.41, 5.74) is 3.19. The van der Waals surface area contributed by atoms with Crippen LogP contribution in [0.1, 0.15) is 6.42 Å². The predicted octanol–water partition coefficient (Wildman–Crippen LogP) is 2.49. The van der Waals surface area contributed by atoms with Crippen LogP contribution in [0, 0.1) is 0 Å². The number of benzene rings is 1. The predicted molar refractivity (Wildman–Crippen MR) is 66.6 cm³/mol. The lowest BCUT2D eigenvalue weighted by molar-refractivity contribution is -0.122. The van der Waals surface area contributed by atoms with Gasteiger partial charge in [0.1, 0.15) is 0 Å². The van der Waals surface area contributed by atoms with Gasteiger partial charge in [-0.1, -0.05) is 18.2 Å². The molecule has 0 atom stereocenters. The number of hydrogen-bond acceptors (Lipinski definition) is 2. The van der Waals surface area contributed by atoms with E-state index in [1.807, 2.05) is 42.6 Å². The van der Waals surface area contributed by atoms with Crippen LogP contribution in [-0.2, 0) is 4.79 Å². The molecule has 1 saturated heterocycles. The Bertz CT molecular complexity index is 534. The number of rotatable bonds is 2. The average Bonchev–Trinajstić information content (AvgIpc) is 2.39. The number of β-lactam (4-membered cyclic amide) rings is 1. The van der Waals surface area contributed by atoms with Gasteiger partial charge in [0.05, 0.1) is 0 Å². The number of carbonyl (C=O) groups excluding carboxylic acids is 1. The molecular weight excluding hydrogens is 212 g/mol. The Morgan fingerprint density at radius 3 is 2.41 bits per heavy atom. The standard InChI is InChI=1S/C14H12N2O/c17-14-7-9-16(14)13-5-3-11(4-6-13)12-2-1-8-15-10-12/h1-6,8,10H,7,9H2. The molecule has 3 rings (SSSR count). The molecule has 1 amide bonds. The smallest absolute Gasteiger partial charge is 0.228 e. The molecule has 1 aliphatic heterocycles. The number of nitrogens with zero attached hydrogens (tertiary/aromatic N) is 2. The summed E-state index contributed by atoms with van der Waals surface area (Å²) in [4.78, 5) is 17.2. The Morgan fingerprint density at radius 2 is 1.88 bits per heavy atom. The maximum Gasteiger partial charge on any atom is 0.228 e. The molecule has 2 aromatic rings. The zero-order valence-electron chi connectivity index (χ0n) is 9.34. The Morgan fingerprint density at radius 1 is 1.06 bits per heavy atom. The molecule has 1 fully saturated rings. The summed E-state index contributed by atoms with van der Waals surface area (Å²) in [5, 5.41) is 0. The van der Waals surface area contributed by atoms with E-state index in [0.717, 1.165) is 23.4 Å². The molecule has 3 heteroatoms. The highest BCUT2D eigenvalue weighted by molar-refractivity contribution is 5.99. The minimum absolute atomic E-state index is 0.208. The summed E-state index contributed by atoms with van der Waals surface area (Å²) in [5.74, 6) is 0.208. The maximum atomic E-state index is 11.3. The van der Waals surface area contributed by atoms with Gasteiger partial charge in [-0.25, -0.2) is 0 Å². The van der Waals surface area contributed by atoms with Gasteiger partial charge in [0.2, 0.25) is 5.91 Å². The second kappa shape index (κ2) is 4.01. The molecule has 84 valence electrons. The SMILES string of the molecule is O=C1CCN1c1ccc(-c2cccnc2)cc1. The van der Waals surface area contributed by atoms with Gasteiger partial charge in [-0.15, -0.1) is 0 Å². The quantitative estimate of drug-likeness (QED) is 0.734. The van der Waals surface area contributed by atoms with Crippen LogP contribution in [0.3, 0.4) is 0 Å². The van der Waals surface area contributed by atoms with E-state index < -0.39 is 0 Å². The number of anilines is 1. The van der Waals surface area contributed by atoms with Gasteiger partial charge in [-0.05, 0) is 29.3 Å². The molecule has 0 saturated carbocycles. The van der Waals surface area contributed by atoms with Gasteiger partial charge in [0, 0.05) is 31.0 Å². The van der Waals surface area contributed by atoms with Crippen molar-refractivity contribution >= 4 is 11.6 Å². The van der Waals surface area contributed by atoms with Crippen molar-refractivity contribution in [3.8, 4) is 11.1 Å². The van der Waals surface area contributed by atoms with Gasteiger partial charge in [0.25, 0.3) is 0 Å². The average molecular weight is 224 g/mol. The van der Waals surface area contributed by atoms with Crippen molar-refractivity contribution < 1.29 is 4.79 Å². The topological polar surface area (TPSA) is 33.2 Å². The van der Waals surface area contributed by atoms with Gasteiger partial charge in [0.15, 0.2) is 0 Å². The third-order valence-corrected chi connectivity index (χ3v) is 3.02. The summed E-state index contributed by atoms with van der Waals surface area (Å²) >= 11 is 0. The van der Waals surface area contributed by atoms with Crippen molar-refractivity contribution in [1.82, 2.24) is 4.98 Å². The van der Waals surface area contributed by atoms with E-state index in [2.05, 4.69) is 4.98 Å². The number of pyridine rings is 1. The summed E-state index contributed by atoms with van der Waals surface area (Å²) in [7, 11) is 0. The van der Waals surface area contributed by atoms with Crippen LogP contribution in [0.5, 0.6) is 0 Å². The van der Waals surface area contributed by atoms with Crippen LogP contribution in [-0.4, -0.2) is 17.4 Å².